The van der Waals surface area contributed by atoms with E-state index in [1.54, 1.807) is 0 Å². The molecule has 0 aliphatic heterocycles. The minimum atomic E-state index is -0.320. The molecule has 4 heteroatoms. The summed E-state index contributed by atoms with van der Waals surface area (Å²) in [6.45, 7) is 5.83. The number of methoxy groups -OCH3 is 1. The van der Waals surface area contributed by atoms with Gasteiger partial charge in [-0.25, -0.2) is 4.79 Å². The summed E-state index contributed by atoms with van der Waals surface area (Å²) < 4.78 is 6.82. The summed E-state index contributed by atoms with van der Waals surface area (Å²) >= 11 is 6.16. The standard InChI is InChI=1S/C15H16ClNO2/c1-9-8-12(15(18)19-4)11(3)17(9)14-7-5-6-13(16)10(14)2/h5-8H,1-4H3. The van der Waals surface area contributed by atoms with E-state index in [-0.39, 0.29) is 5.97 Å². The Balaban J connectivity index is 2.67. The SMILES string of the molecule is COC(=O)c1cc(C)n(-c2cccc(Cl)c2C)c1C. The van der Waals surface area contributed by atoms with Gasteiger partial charge in [0.1, 0.15) is 0 Å². The highest BCUT2D eigenvalue weighted by Gasteiger charge is 2.18. The second-order valence-electron chi connectivity index (χ2n) is 4.50. The maximum atomic E-state index is 11.7. The third-order valence-corrected chi connectivity index (χ3v) is 3.73. The highest BCUT2D eigenvalue weighted by Crippen LogP contribution is 2.27. The van der Waals surface area contributed by atoms with Crippen LogP contribution in [0.2, 0.25) is 5.02 Å². The van der Waals surface area contributed by atoms with Gasteiger partial charge in [0.2, 0.25) is 0 Å². The number of hydrogen-bond donors (Lipinski definition) is 0. The molecule has 3 nitrogen and oxygen atoms in total. The van der Waals surface area contributed by atoms with E-state index in [0.717, 1.165) is 22.6 Å². The van der Waals surface area contributed by atoms with Crippen LogP contribution in [0.25, 0.3) is 5.69 Å². The number of aryl methyl sites for hydroxylation is 1. The fourth-order valence-corrected chi connectivity index (χ4v) is 2.46. The van der Waals surface area contributed by atoms with E-state index in [4.69, 9.17) is 16.3 Å². The van der Waals surface area contributed by atoms with Gasteiger partial charge < -0.3 is 9.30 Å². The molecule has 0 unspecified atom stereocenters. The van der Waals surface area contributed by atoms with Gasteiger partial charge in [-0.1, -0.05) is 17.7 Å². The number of ether oxygens (including phenoxy) is 1. The van der Waals surface area contributed by atoms with Crippen molar-refractivity contribution < 1.29 is 9.53 Å². The summed E-state index contributed by atoms with van der Waals surface area (Å²) in [7, 11) is 1.39. The maximum absolute atomic E-state index is 11.7. The third kappa shape index (κ3) is 2.26. The first-order valence-corrected chi connectivity index (χ1v) is 6.38. The van der Waals surface area contributed by atoms with Crippen molar-refractivity contribution in [2.45, 2.75) is 20.8 Å². The maximum Gasteiger partial charge on any atom is 0.339 e. The summed E-state index contributed by atoms with van der Waals surface area (Å²) in [4.78, 5) is 11.7. The molecule has 0 radical (unpaired) electrons. The van der Waals surface area contributed by atoms with Crippen LogP contribution in [0.3, 0.4) is 0 Å². The molecule has 0 aliphatic carbocycles. The van der Waals surface area contributed by atoms with E-state index in [9.17, 15) is 4.79 Å². The molecule has 0 N–H and O–H groups in total. The largest absolute Gasteiger partial charge is 0.465 e. The number of hydrogen-bond acceptors (Lipinski definition) is 2. The van der Waals surface area contributed by atoms with Gasteiger partial charge >= 0.3 is 5.97 Å². The summed E-state index contributed by atoms with van der Waals surface area (Å²) in [5, 5.41) is 0.713. The predicted molar refractivity (Wildman–Crippen MR) is 76.3 cm³/mol. The second kappa shape index (κ2) is 5.10. The van der Waals surface area contributed by atoms with Crippen molar-refractivity contribution >= 4 is 17.6 Å². The van der Waals surface area contributed by atoms with E-state index in [2.05, 4.69) is 0 Å². The van der Waals surface area contributed by atoms with Crippen molar-refractivity contribution in [3.05, 3.63) is 51.8 Å². The number of rotatable bonds is 2. The van der Waals surface area contributed by atoms with Crippen LogP contribution in [0, 0.1) is 20.8 Å². The normalized spacial score (nSPS) is 10.6. The van der Waals surface area contributed by atoms with Crippen LogP contribution in [0.5, 0.6) is 0 Å². The van der Waals surface area contributed by atoms with Gasteiger partial charge in [0.25, 0.3) is 0 Å². The van der Waals surface area contributed by atoms with Gasteiger partial charge in [0.15, 0.2) is 0 Å². The van der Waals surface area contributed by atoms with Crippen molar-refractivity contribution in [1.82, 2.24) is 4.57 Å². The molecular formula is C15H16ClNO2. The highest BCUT2D eigenvalue weighted by molar-refractivity contribution is 6.31. The lowest BCUT2D eigenvalue weighted by Crippen LogP contribution is -2.05. The Morgan fingerprint density at radius 2 is 1.95 bits per heavy atom. The Bertz CT molecular complexity index is 644. The Morgan fingerprint density at radius 3 is 2.58 bits per heavy atom. The van der Waals surface area contributed by atoms with Crippen LogP contribution in [0.15, 0.2) is 24.3 Å². The number of aromatic nitrogens is 1. The fraction of sp³-hybridized carbons (Fsp3) is 0.267. The van der Waals surface area contributed by atoms with E-state index in [0.29, 0.717) is 10.6 Å². The van der Waals surface area contributed by atoms with Crippen LogP contribution in [0.1, 0.15) is 27.3 Å². The molecule has 0 bridgehead atoms. The Kier molecular flexibility index (Phi) is 3.67. The van der Waals surface area contributed by atoms with Crippen molar-refractivity contribution in [3.8, 4) is 5.69 Å². The first kappa shape index (κ1) is 13.7. The summed E-state index contributed by atoms with van der Waals surface area (Å²) in [6, 6.07) is 7.58. The predicted octanol–water partition coefficient (Wildman–Crippen LogP) is 3.84. The minimum absolute atomic E-state index is 0.320. The molecule has 2 aromatic rings. The number of nitrogens with zero attached hydrogens (tertiary/aromatic N) is 1. The van der Waals surface area contributed by atoms with Gasteiger partial charge in [-0.2, -0.15) is 0 Å². The van der Waals surface area contributed by atoms with Gasteiger partial charge in [-0.15, -0.1) is 0 Å². The molecular weight excluding hydrogens is 262 g/mol. The highest BCUT2D eigenvalue weighted by atomic mass is 35.5. The lowest BCUT2D eigenvalue weighted by molar-refractivity contribution is 0.0600. The summed E-state index contributed by atoms with van der Waals surface area (Å²) in [5.41, 5.74) is 4.39. The molecule has 0 spiro atoms. The number of halogens is 1. The Morgan fingerprint density at radius 1 is 1.26 bits per heavy atom. The van der Waals surface area contributed by atoms with Crippen LogP contribution in [-0.4, -0.2) is 17.6 Å². The number of benzene rings is 1. The molecule has 0 fully saturated rings. The number of carbonyl (C=O) groups is 1. The van der Waals surface area contributed by atoms with Gasteiger partial charge in [0, 0.05) is 22.1 Å². The van der Waals surface area contributed by atoms with E-state index in [1.807, 2.05) is 49.6 Å². The molecule has 1 aromatic carbocycles. The monoisotopic (exact) mass is 277 g/mol. The zero-order valence-electron chi connectivity index (χ0n) is 11.5. The van der Waals surface area contributed by atoms with Crippen LogP contribution in [-0.2, 0) is 4.74 Å². The quantitative estimate of drug-likeness (QED) is 0.781. The van der Waals surface area contributed by atoms with Gasteiger partial charge in [0.05, 0.1) is 12.7 Å². The first-order valence-electron chi connectivity index (χ1n) is 6.00. The molecule has 100 valence electrons. The summed E-state index contributed by atoms with van der Waals surface area (Å²) in [6.07, 6.45) is 0. The smallest absolute Gasteiger partial charge is 0.339 e. The molecule has 0 saturated carbocycles. The van der Waals surface area contributed by atoms with E-state index in [1.165, 1.54) is 7.11 Å². The van der Waals surface area contributed by atoms with Crippen LogP contribution in [0.4, 0.5) is 0 Å². The topological polar surface area (TPSA) is 31.2 Å². The molecule has 1 aromatic heterocycles. The summed E-state index contributed by atoms with van der Waals surface area (Å²) in [5.74, 6) is -0.320. The van der Waals surface area contributed by atoms with E-state index >= 15 is 0 Å². The van der Waals surface area contributed by atoms with Crippen molar-refractivity contribution in [3.63, 3.8) is 0 Å². The minimum Gasteiger partial charge on any atom is -0.465 e. The van der Waals surface area contributed by atoms with Gasteiger partial charge in [-0.3, -0.25) is 0 Å². The molecule has 0 aliphatic rings. The Labute approximate surface area is 117 Å². The average Bonchev–Trinajstić information content (AvgIpc) is 2.68. The van der Waals surface area contributed by atoms with Crippen molar-refractivity contribution in [1.29, 1.82) is 0 Å². The lowest BCUT2D eigenvalue weighted by atomic mass is 10.2. The molecule has 0 saturated heterocycles. The zero-order valence-corrected chi connectivity index (χ0v) is 12.2. The Hall–Kier alpha value is -1.74. The number of esters is 1. The molecule has 2 rings (SSSR count). The second-order valence-corrected chi connectivity index (χ2v) is 4.90. The zero-order chi connectivity index (χ0) is 14.2. The van der Waals surface area contributed by atoms with Crippen molar-refractivity contribution in [2.75, 3.05) is 7.11 Å². The third-order valence-electron chi connectivity index (χ3n) is 3.32. The fourth-order valence-electron chi connectivity index (χ4n) is 2.29. The molecule has 1 heterocycles. The lowest BCUT2D eigenvalue weighted by Gasteiger charge is -2.13. The van der Waals surface area contributed by atoms with Crippen molar-refractivity contribution in [2.24, 2.45) is 0 Å². The molecule has 0 atom stereocenters. The first-order chi connectivity index (χ1) is 8.97. The van der Waals surface area contributed by atoms with E-state index < -0.39 is 0 Å². The molecule has 0 amide bonds. The average molecular weight is 278 g/mol. The van der Waals surface area contributed by atoms with Crippen LogP contribution >= 0.6 is 11.6 Å². The van der Waals surface area contributed by atoms with Gasteiger partial charge in [-0.05, 0) is 44.5 Å². The van der Waals surface area contributed by atoms with Crippen LogP contribution < -0.4 is 0 Å². The number of carbonyl (C=O) groups excluding carboxylic acids is 1. The molecule has 19 heavy (non-hydrogen) atoms.